The third-order valence-corrected chi connectivity index (χ3v) is 7.00. The molecule has 168 valence electrons. The van der Waals surface area contributed by atoms with Gasteiger partial charge in [-0.25, -0.2) is 13.2 Å². The molecule has 3 N–H and O–H groups in total. The van der Waals surface area contributed by atoms with Gasteiger partial charge in [-0.3, -0.25) is 4.72 Å². The molecule has 0 aliphatic rings. The fraction of sp³-hybridized carbons (Fsp3) is 0. The topological polar surface area (TPSA) is 99.3 Å². The van der Waals surface area contributed by atoms with Gasteiger partial charge in [-0.15, -0.1) is 0 Å². The Morgan fingerprint density at radius 3 is 1.94 bits per heavy atom. The first kappa shape index (κ1) is 21.5. The van der Waals surface area contributed by atoms with Crippen molar-refractivity contribution >= 4 is 32.6 Å². The maximum absolute atomic E-state index is 13.0. The van der Waals surface area contributed by atoms with E-state index in [0.29, 0.717) is 22.2 Å². The summed E-state index contributed by atoms with van der Waals surface area (Å²) in [4.78, 5) is 14.9. The molecule has 0 unspecified atom stereocenters. The number of hydrogen-bond acceptors (Lipinski definition) is 3. The minimum Gasteiger partial charge on any atom is -0.477 e. The molecular weight excluding hydrogens is 448 g/mol. The molecule has 0 aliphatic heterocycles. The normalized spacial score (nSPS) is 11.4. The van der Waals surface area contributed by atoms with E-state index in [4.69, 9.17) is 0 Å². The summed E-state index contributed by atoms with van der Waals surface area (Å²) in [6.45, 7) is 0. The SMILES string of the molecule is O=C(O)c1[nH]c2ccc(NS(=O)(=O)c3ccc(-c4ccccc4)cc3)cc2c1-c1ccccc1. The predicted octanol–water partition coefficient (Wildman–Crippen LogP) is 6.00. The van der Waals surface area contributed by atoms with Crippen LogP contribution in [0.4, 0.5) is 5.69 Å². The number of aromatic nitrogens is 1. The van der Waals surface area contributed by atoms with Gasteiger partial charge in [0.25, 0.3) is 10.0 Å². The van der Waals surface area contributed by atoms with Crippen LogP contribution < -0.4 is 4.72 Å². The van der Waals surface area contributed by atoms with Gasteiger partial charge in [0.1, 0.15) is 5.69 Å². The van der Waals surface area contributed by atoms with Crippen LogP contribution in [-0.4, -0.2) is 24.5 Å². The van der Waals surface area contributed by atoms with Crippen molar-refractivity contribution in [2.75, 3.05) is 4.72 Å². The zero-order chi connectivity index (χ0) is 23.7. The van der Waals surface area contributed by atoms with Crippen LogP contribution in [0.1, 0.15) is 10.5 Å². The highest BCUT2D eigenvalue weighted by molar-refractivity contribution is 7.92. The van der Waals surface area contributed by atoms with E-state index in [0.717, 1.165) is 16.7 Å². The summed E-state index contributed by atoms with van der Waals surface area (Å²) in [5, 5.41) is 10.3. The molecule has 0 fully saturated rings. The molecule has 0 radical (unpaired) electrons. The van der Waals surface area contributed by atoms with Crippen LogP contribution in [0.3, 0.4) is 0 Å². The summed E-state index contributed by atoms with van der Waals surface area (Å²) in [6.07, 6.45) is 0. The number of carbonyl (C=O) groups is 1. The fourth-order valence-electron chi connectivity index (χ4n) is 3.99. The van der Waals surface area contributed by atoms with Gasteiger partial charge in [-0.1, -0.05) is 72.8 Å². The van der Waals surface area contributed by atoms with Gasteiger partial charge in [0.2, 0.25) is 0 Å². The number of anilines is 1. The van der Waals surface area contributed by atoms with E-state index < -0.39 is 16.0 Å². The molecule has 1 aromatic heterocycles. The van der Waals surface area contributed by atoms with Crippen molar-refractivity contribution in [1.29, 1.82) is 0 Å². The first-order valence-corrected chi connectivity index (χ1v) is 12.0. The second-order valence-electron chi connectivity index (χ2n) is 7.80. The molecule has 0 amide bonds. The van der Waals surface area contributed by atoms with Crippen LogP contribution in [0, 0.1) is 0 Å². The van der Waals surface area contributed by atoms with Gasteiger partial charge in [0, 0.05) is 22.2 Å². The minimum atomic E-state index is -3.84. The van der Waals surface area contributed by atoms with E-state index in [9.17, 15) is 18.3 Å². The van der Waals surface area contributed by atoms with E-state index in [1.807, 2.05) is 60.7 Å². The maximum Gasteiger partial charge on any atom is 0.352 e. The van der Waals surface area contributed by atoms with E-state index in [-0.39, 0.29) is 10.6 Å². The highest BCUT2D eigenvalue weighted by atomic mass is 32.2. The van der Waals surface area contributed by atoms with Gasteiger partial charge in [-0.05, 0) is 47.0 Å². The number of aromatic carboxylic acids is 1. The number of carboxylic acids is 1. The molecular formula is C27H20N2O4S. The van der Waals surface area contributed by atoms with Crippen LogP contribution in [0.2, 0.25) is 0 Å². The Kier molecular flexibility index (Phi) is 5.39. The Bertz CT molecular complexity index is 1590. The second kappa shape index (κ2) is 8.53. The summed E-state index contributed by atoms with van der Waals surface area (Å²) < 4.78 is 28.7. The monoisotopic (exact) mass is 468 g/mol. The number of sulfonamides is 1. The molecule has 34 heavy (non-hydrogen) atoms. The first-order valence-electron chi connectivity index (χ1n) is 10.6. The molecule has 0 aliphatic carbocycles. The lowest BCUT2D eigenvalue weighted by molar-refractivity contribution is 0.0692. The molecule has 0 spiro atoms. The van der Waals surface area contributed by atoms with Crippen molar-refractivity contribution in [1.82, 2.24) is 4.98 Å². The number of H-pyrrole nitrogens is 1. The molecule has 5 rings (SSSR count). The fourth-order valence-corrected chi connectivity index (χ4v) is 5.04. The van der Waals surface area contributed by atoms with Gasteiger partial charge >= 0.3 is 5.97 Å². The van der Waals surface area contributed by atoms with Crippen molar-refractivity contribution in [3.63, 3.8) is 0 Å². The number of fused-ring (bicyclic) bond motifs is 1. The van der Waals surface area contributed by atoms with E-state index in [2.05, 4.69) is 9.71 Å². The standard InChI is InChI=1S/C27H20N2O4S/c30-27(31)26-25(20-9-5-2-6-10-20)23-17-21(13-16-24(23)28-26)29-34(32,33)22-14-11-19(12-15-22)18-7-3-1-4-8-18/h1-17,28-29H,(H,30,31). The highest BCUT2D eigenvalue weighted by Gasteiger charge is 2.20. The molecule has 1 heterocycles. The zero-order valence-electron chi connectivity index (χ0n) is 17.9. The average Bonchev–Trinajstić information content (AvgIpc) is 3.24. The summed E-state index contributed by atoms with van der Waals surface area (Å²) in [7, 11) is -3.84. The van der Waals surface area contributed by atoms with E-state index in [1.54, 1.807) is 42.5 Å². The second-order valence-corrected chi connectivity index (χ2v) is 9.48. The summed E-state index contributed by atoms with van der Waals surface area (Å²) in [6, 6.07) is 30.4. The number of benzene rings is 4. The van der Waals surface area contributed by atoms with Crippen LogP contribution in [0.25, 0.3) is 33.2 Å². The van der Waals surface area contributed by atoms with Crippen molar-refractivity contribution in [3.05, 3.63) is 109 Å². The lowest BCUT2D eigenvalue weighted by Crippen LogP contribution is -2.12. The van der Waals surface area contributed by atoms with Gasteiger partial charge in [0.15, 0.2) is 0 Å². The Balaban J connectivity index is 1.51. The van der Waals surface area contributed by atoms with Crippen molar-refractivity contribution in [3.8, 4) is 22.3 Å². The molecule has 0 bridgehead atoms. The van der Waals surface area contributed by atoms with E-state index >= 15 is 0 Å². The molecule has 0 atom stereocenters. The molecule has 0 saturated carbocycles. The van der Waals surface area contributed by atoms with Crippen LogP contribution in [0.15, 0.2) is 108 Å². The number of nitrogens with one attached hydrogen (secondary N) is 2. The number of aromatic amines is 1. The van der Waals surface area contributed by atoms with Crippen LogP contribution in [0.5, 0.6) is 0 Å². The van der Waals surface area contributed by atoms with Gasteiger partial charge in [-0.2, -0.15) is 0 Å². The Hall–Kier alpha value is -4.36. The Labute approximate surface area is 196 Å². The maximum atomic E-state index is 13.0. The Morgan fingerprint density at radius 1 is 0.735 bits per heavy atom. The molecule has 5 aromatic rings. The third kappa shape index (κ3) is 4.04. The zero-order valence-corrected chi connectivity index (χ0v) is 18.7. The molecule has 4 aromatic carbocycles. The number of hydrogen-bond donors (Lipinski definition) is 3. The minimum absolute atomic E-state index is 0.0534. The Morgan fingerprint density at radius 2 is 1.32 bits per heavy atom. The smallest absolute Gasteiger partial charge is 0.352 e. The first-order chi connectivity index (χ1) is 16.4. The number of carboxylic acid groups (broad SMARTS) is 1. The van der Waals surface area contributed by atoms with Gasteiger partial charge in [0.05, 0.1) is 4.90 Å². The number of rotatable bonds is 6. The summed E-state index contributed by atoms with van der Waals surface area (Å²) >= 11 is 0. The molecule has 7 heteroatoms. The summed E-state index contributed by atoms with van der Waals surface area (Å²) in [5.74, 6) is -1.09. The van der Waals surface area contributed by atoms with Crippen LogP contribution >= 0.6 is 0 Å². The average molecular weight is 469 g/mol. The quantitative estimate of drug-likeness (QED) is 0.285. The van der Waals surface area contributed by atoms with Gasteiger partial charge < -0.3 is 10.1 Å². The molecule has 6 nitrogen and oxygen atoms in total. The third-order valence-electron chi connectivity index (χ3n) is 5.60. The van der Waals surface area contributed by atoms with Crippen LogP contribution in [-0.2, 0) is 10.0 Å². The highest BCUT2D eigenvalue weighted by Crippen LogP contribution is 2.34. The van der Waals surface area contributed by atoms with E-state index in [1.165, 1.54) is 0 Å². The van der Waals surface area contributed by atoms with Crippen molar-refractivity contribution in [2.24, 2.45) is 0 Å². The largest absolute Gasteiger partial charge is 0.477 e. The molecule has 0 saturated heterocycles. The lowest BCUT2D eigenvalue weighted by atomic mass is 10.0. The lowest BCUT2D eigenvalue weighted by Gasteiger charge is -2.10. The van der Waals surface area contributed by atoms with Crippen molar-refractivity contribution < 1.29 is 18.3 Å². The van der Waals surface area contributed by atoms with Crippen molar-refractivity contribution in [2.45, 2.75) is 4.90 Å². The predicted molar refractivity (Wildman–Crippen MR) is 133 cm³/mol. The summed E-state index contributed by atoms with van der Waals surface area (Å²) in [5.41, 5.74) is 4.15.